The molecule has 4 nitrogen and oxygen atoms in total. The predicted octanol–water partition coefficient (Wildman–Crippen LogP) is 4.21. The Kier molecular flexibility index (Phi) is 5.19. The Morgan fingerprint density at radius 2 is 2.24 bits per heavy atom. The number of aromatic nitrogens is 2. The Hall–Kier alpha value is -1.01. The topological polar surface area (TPSA) is 49.8 Å². The SMILES string of the molecule is CCCNc1nc(NCC2CCCCS2)c2ccsc2n1. The van der Waals surface area contributed by atoms with Crippen molar-refractivity contribution in [2.75, 3.05) is 29.5 Å². The van der Waals surface area contributed by atoms with Crippen molar-refractivity contribution in [3.63, 3.8) is 0 Å². The number of fused-ring (bicyclic) bond motifs is 1. The molecule has 114 valence electrons. The van der Waals surface area contributed by atoms with Crippen LogP contribution in [0.5, 0.6) is 0 Å². The summed E-state index contributed by atoms with van der Waals surface area (Å²) in [5.74, 6) is 3.02. The lowest BCUT2D eigenvalue weighted by Gasteiger charge is -2.22. The summed E-state index contributed by atoms with van der Waals surface area (Å²) in [6.07, 6.45) is 5.12. The van der Waals surface area contributed by atoms with Gasteiger partial charge in [-0.15, -0.1) is 11.3 Å². The van der Waals surface area contributed by atoms with Gasteiger partial charge in [-0.25, -0.2) is 4.98 Å². The van der Waals surface area contributed by atoms with Crippen molar-refractivity contribution >= 4 is 45.1 Å². The molecule has 3 rings (SSSR count). The minimum atomic E-state index is 0.717. The smallest absolute Gasteiger partial charge is 0.226 e. The molecule has 1 aliphatic rings. The Morgan fingerprint density at radius 3 is 3.05 bits per heavy atom. The van der Waals surface area contributed by atoms with Gasteiger partial charge >= 0.3 is 0 Å². The highest BCUT2D eigenvalue weighted by molar-refractivity contribution is 7.99. The molecule has 0 amide bonds. The van der Waals surface area contributed by atoms with Crippen LogP contribution in [0.2, 0.25) is 0 Å². The molecule has 1 aliphatic heterocycles. The molecule has 2 aromatic rings. The zero-order chi connectivity index (χ0) is 14.5. The first kappa shape index (κ1) is 14.9. The van der Waals surface area contributed by atoms with Gasteiger partial charge in [-0.1, -0.05) is 13.3 Å². The second-order valence-electron chi connectivity index (χ2n) is 5.33. The average molecular weight is 323 g/mol. The largest absolute Gasteiger partial charge is 0.368 e. The molecule has 6 heteroatoms. The molecule has 2 aromatic heterocycles. The number of nitrogens with one attached hydrogen (secondary N) is 2. The van der Waals surface area contributed by atoms with Gasteiger partial charge in [-0.3, -0.25) is 0 Å². The van der Waals surface area contributed by atoms with Crippen LogP contribution in [-0.4, -0.2) is 34.1 Å². The van der Waals surface area contributed by atoms with Crippen LogP contribution in [0.3, 0.4) is 0 Å². The molecule has 0 aliphatic carbocycles. The molecule has 1 atom stereocenters. The van der Waals surface area contributed by atoms with Gasteiger partial charge < -0.3 is 10.6 Å². The van der Waals surface area contributed by atoms with Gasteiger partial charge in [-0.05, 0) is 36.5 Å². The lowest BCUT2D eigenvalue weighted by molar-refractivity contribution is 0.677. The average Bonchev–Trinajstić information content (AvgIpc) is 3.00. The van der Waals surface area contributed by atoms with Crippen LogP contribution in [0.25, 0.3) is 10.2 Å². The molecule has 0 bridgehead atoms. The van der Waals surface area contributed by atoms with Crippen molar-refractivity contribution in [1.82, 2.24) is 9.97 Å². The first-order chi connectivity index (χ1) is 10.4. The van der Waals surface area contributed by atoms with E-state index in [1.807, 2.05) is 0 Å². The van der Waals surface area contributed by atoms with Crippen LogP contribution < -0.4 is 10.6 Å². The zero-order valence-corrected chi connectivity index (χ0v) is 14.0. The molecular weight excluding hydrogens is 300 g/mol. The van der Waals surface area contributed by atoms with Crippen LogP contribution in [0.1, 0.15) is 32.6 Å². The third-order valence-corrected chi connectivity index (χ3v) is 5.83. The van der Waals surface area contributed by atoms with Crippen molar-refractivity contribution in [2.24, 2.45) is 0 Å². The number of hydrogen-bond donors (Lipinski definition) is 2. The minimum absolute atomic E-state index is 0.717. The standard InChI is InChI=1S/C15H22N4S2/c1-2-7-16-15-18-13(12-6-9-21-14(12)19-15)17-10-11-5-3-4-8-20-11/h6,9,11H,2-5,7-8,10H2,1H3,(H2,16,17,18,19). The number of anilines is 2. The van der Waals surface area contributed by atoms with E-state index in [4.69, 9.17) is 0 Å². The highest BCUT2D eigenvalue weighted by Crippen LogP contribution is 2.29. The maximum absolute atomic E-state index is 4.66. The highest BCUT2D eigenvalue weighted by atomic mass is 32.2. The molecule has 1 saturated heterocycles. The first-order valence-corrected chi connectivity index (χ1v) is 9.64. The first-order valence-electron chi connectivity index (χ1n) is 7.71. The van der Waals surface area contributed by atoms with E-state index < -0.39 is 0 Å². The van der Waals surface area contributed by atoms with Gasteiger partial charge in [-0.2, -0.15) is 16.7 Å². The van der Waals surface area contributed by atoms with Crippen molar-refractivity contribution in [1.29, 1.82) is 0 Å². The van der Waals surface area contributed by atoms with Crippen LogP contribution in [-0.2, 0) is 0 Å². The quantitative estimate of drug-likeness (QED) is 0.834. The molecule has 0 saturated carbocycles. The predicted molar refractivity (Wildman–Crippen MR) is 94.8 cm³/mol. The van der Waals surface area contributed by atoms with Crippen LogP contribution in [0, 0.1) is 0 Å². The summed E-state index contributed by atoms with van der Waals surface area (Å²) in [5, 5.41) is 10.8. The lowest BCUT2D eigenvalue weighted by atomic mass is 10.2. The fourth-order valence-electron chi connectivity index (χ4n) is 2.48. The summed E-state index contributed by atoms with van der Waals surface area (Å²) in [6.45, 7) is 4.06. The minimum Gasteiger partial charge on any atom is -0.368 e. The van der Waals surface area contributed by atoms with Crippen molar-refractivity contribution < 1.29 is 0 Å². The Morgan fingerprint density at radius 1 is 1.29 bits per heavy atom. The van der Waals surface area contributed by atoms with Crippen molar-refractivity contribution in [3.8, 4) is 0 Å². The molecule has 0 spiro atoms. The monoisotopic (exact) mass is 322 g/mol. The number of thiophene rings is 1. The summed E-state index contributed by atoms with van der Waals surface area (Å²) < 4.78 is 0. The number of thioether (sulfide) groups is 1. The van der Waals surface area contributed by atoms with E-state index in [2.05, 4.69) is 50.7 Å². The Bertz CT molecular complexity index is 578. The van der Waals surface area contributed by atoms with Gasteiger partial charge in [0.05, 0.1) is 5.39 Å². The normalized spacial score (nSPS) is 18.8. The summed E-state index contributed by atoms with van der Waals surface area (Å²) in [6, 6.07) is 2.11. The van der Waals surface area contributed by atoms with Crippen LogP contribution in [0.4, 0.5) is 11.8 Å². The summed E-state index contributed by atoms with van der Waals surface area (Å²) in [4.78, 5) is 10.3. The van der Waals surface area contributed by atoms with Crippen molar-refractivity contribution in [2.45, 2.75) is 37.9 Å². The summed E-state index contributed by atoms with van der Waals surface area (Å²) in [5.41, 5.74) is 0. The lowest BCUT2D eigenvalue weighted by Crippen LogP contribution is -2.20. The third kappa shape index (κ3) is 3.80. The molecule has 1 fully saturated rings. The molecular formula is C15H22N4S2. The van der Waals surface area contributed by atoms with E-state index in [-0.39, 0.29) is 0 Å². The van der Waals surface area contributed by atoms with Gasteiger partial charge in [0.2, 0.25) is 5.95 Å². The Labute approximate surface area is 134 Å². The zero-order valence-electron chi connectivity index (χ0n) is 12.4. The molecule has 1 unspecified atom stereocenters. The van der Waals surface area contributed by atoms with E-state index in [9.17, 15) is 0 Å². The summed E-state index contributed by atoms with van der Waals surface area (Å²) in [7, 11) is 0. The van der Waals surface area contributed by atoms with Gasteiger partial charge in [0.1, 0.15) is 10.6 Å². The van der Waals surface area contributed by atoms with E-state index in [1.54, 1.807) is 11.3 Å². The second-order valence-corrected chi connectivity index (χ2v) is 7.63. The molecule has 3 heterocycles. The van der Waals surface area contributed by atoms with E-state index >= 15 is 0 Å². The van der Waals surface area contributed by atoms with Gasteiger partial charge in [0.25, 0.3) is 0 Å². The van der Waals surface area contributed by atoms with E-state index in [0.717, 1.165) is 46.7 Å². The van der Waals surface area contributed by atoms with E-state index in [1.165, 1.54) is 25.0 Å². The van der Waals surface area contributed by atoms with Gasteiger partial charge in [0, 0.05) is 18.3 Å². The molecule has 21 heavy (non-hydrogen) atoms. The molecule has 2 N–H and O–H groups in total. The maximum atomic E-state index is 4.66. The maximum Gasteiger partial charge on any atom is 0.226 e. The third-order valence-electron chi connectivity index (χ3n) is 3.63. The number of hydrogen-bond acceptors (Lipinski definition) is 6. The van der Waals surface area contributed by atoms with Gasteiger partial charge in [0.15, 0.2) is 0 Å². The van der Waals surface area contributed by atoms with Crippen molar-refractivity contribution in [3.05, 3.63) is 11.4 Å². The summed E-state index contributed by atoms with van der Waals surface area (Å²) >= 11 is 3.76. The highest BCUT2D eigenvalue weighted by Gasteiger charge is 2.15. The Balaban J connectivity index is 1.73. The van der Waals surface area contributed by atoms with Crippen LogP contribution >= 0.6 is 23.1 Å². The fourth-order valence-corrected chi connectivity index (χ4v) is 4.49. The van der Waals surface area contributed by atoms with Crippen LogP contribution in [0.15, 0.2) is 11.4 Å². The second kappa shape index (κ2) is 7.31. The number of nitrogens with zero attached hydrogens (tertiary/aromatic N) is 2. The molecule has 0 radical (unpaired) electrons. The fraction of sp³-hybridized carbons (Fsp3) is 0.600. The molecule has 0 aromatic carbocycles. The van der Waals surface area contributed by atoms with E-state index in [0.29, 0.717) is 0 Å². The number of rotatable bonds is 6.